The normalized spacial score (nSPS) is 13.2. The third kappa shape index (κ3) is 6.68. The zero-order chi connectivity index (χ0) is 29.9. The van der Waals surface area contributed by atoms with E-state index in [0.29, 0.717) is 34.8 Å². The molecule has 4 rings (SSSR count). The number of benzene rings is 2. The van der Waals surface area contributed by atoms with Crippen molar-refractivity contribution in [2.75, 3.05) is 24.2 Å². The van der Waals surface area contributed by atoms with Gasteiger partial charge in [-0.2, -0.15) is 4.98 Å². The number of hydrogen-bond acceptors (Lipinski definition) is 9. The summed E-state index contributed by atoms with van der Waals surface area (Å²) in [6.07, 6.45) is 3.19. The van der Waals surface area contributed by atoms with E-state index in [0.717, 1.165) is 11.3 Å². The van der Waals surface area contributed by atoms with E-state index in [2.05, 4.69) is 30.9 Å². The Bertz CT molecular complexity index is 1650. The van der Waals surface area contributed by atoms with Gasteiger partial charge in [0.2, 0.25) is 5.95 Å². The van der Waals surface area contributed by atoms with Crippen molar-refractivity contribution in [3.63, 3.8) is 0 Å². The van der Waals surface area contributed by atoms with Crippen LogP contribution in [0.4, 0.5) is 23.1 Å². The summed E-state index contributed by atoms with van der Waals surface area (Å²) >= 11 is 6.41. The maximum Gasteiger partial charge on any atom is 0.251 e. The molecule has 1 aromatic heterocycles. The Morgan fingerprint density at radius 2 is 1.80 bits per heavy atom. The molecule has 3 aromatic rings. The predicted molar refractivity (Wildman–Crippen MR) is 164 cm³/mol. The standard InChI is InChI=1S/C29H33ClN6O4S/c1-16(2)40-25-13-20(19-11-18(5)32-14-19)21(28(37)31-6)12-24(25)35-29-33-15-22(30)27(36-29)34-23-9-7-8-10-26(23)41(38,39)17(3)4/h7-13,15-17H,14H2,1-6H3,(H,31,37)(H2,33,34,35,36). The fourth-order valence-electron chi connectivity index (χ4n) is 4.17. The Morgan fingerprint density at radius 1 is 1.07 bits per heavy atom. The van der Waals surface area contributed by atoms with Crippen LogP contribution in [0.5, 0.6) is 5.75 Å². The van der Waals surface area contributed by atoms with Gasteiger partial charge in [0, 0.05) is 18.3 Å². The molecule has 41 heavy (non-hydrogen) atoms. The quantitative estimate of drug-likeness (QED) is 0.267. The first-order chi connectivity index (χ1) is 19.4. The summed E-state index contributed by atoms with van der Waals surface area (Å²) in [6.45, 7) is 9.43. The number of para-hydroxylation sites is 1. The first-order valence-electron chi connectivity index (χ1n) is 13.1. The summed E-state index contributed by atoms with van der Waals surface area (Å²) in [6, 6.07) is 10.1. The molecule has 10 nitrogen and oxygen atoms in total. The van der Waals surface area contributed by atoms with Gasteiger partial charge < -0.3 is 20.7 Å². The van der Waals surface area contributed by atoms with Gasteiger partial charge in [0.25, 0.3) is 5.91 Å². The highest BCUT2D eigenvalue weighted by Gasteiger charge is 2.24. The van der Waals surface area contributed by atoms with E-state index in [-0.39, 0.29) is 33.7 Å². The topological polar surface area (TPSA) is 135 Å². The number of allylic oxidation sites excluding steroid dienone is 1. The largest absolute Gasteiger partial charge is 0.489 e. The lowest BCUT2D eigenvalue weighted by Gasteiger charge is -2.20. The number of aromatic nitrogens is 2. The van der Waals surface area contributed by atoms with Gasteiger partial charge in [-0.15, -0.1) is 0 Å². The average molecular weight is 597 g/mol. The van der Waals surface area contributed by atoms with Crippen molar-refractivity contribution >= 4 is 61.8 Å². The molecule has 0 saturated carbocycles. The van der Waals surface area contributed by atoms with Crippen molar-refractivity contribution < 1.29 is 17.9 Å². The van der Waals surface area contributed by atoms with Crippen LogP contribution < -0.4 is 20.7 Å². The lowest BCUT2D eigenvalue weighted by Crippen LogP contribution is -2.20. The molecule has 0 aliphatic carbocycles. The van der Waals surface area contributed by atoms with Crippen molar-refractivity contribution in [2.24, 2.45) is 4.99 Å². The van der Waals surface area contributed by atoms with Crippen molar-refractivity contribution in [3.05, 3.63) is 64.8 Å². The molecule has 0 saturated heterocycles. The molecular weight excluding hydrogens is 564 g/mol. The molecule has 1 amide bonds. The number of amides is 1. The minimum atomic E-state index is -3.58. The summed E-state index contributed by atoms with van der Waals surface area (Å²) in [5.74, 6) is 0.583. The van der Waals surface area contributed by atoms with Gasteiger partial charge in [-0.1, -0.05) is 23.7 Å². The molecule has 0 bridgehead atoms. The van der Waals surface area contributed by atoms with Crippen molar-refractivity contribution in [1.82, 2.24) is 15.3 Å². The van der Waals surface area contributed by atoms with Gasteiger partial charge in [-0.25, -0.2) is 13.4 Å². The molecule has 3 N–H and O–H groups in total. The number of anilines is 4. The SMILES string of the molecule is CNC(=O)c1cc(Nc2ncc(Cl)c(Nc3ccccc3S(=O)(=O)C(C)C)n2)c(OC(C)C)cc1C1=CC(C)=NC1. The first-order valence-corrected chi connectivity index (χ1v) is 15.0. The summed E-state index contributed by atoms with van der Waals surface area (Å²) in [4.78, 5) is 26.3. The second-order valence-electron chi connectivity index (χ2n) is 10.00. The fourth-order valence-corrected chi connectivity index (χ4v) is 5.51. The maximum atomic E-state index is 12.9. The molecule has 1 aliphatic heterocycles. The minimum Gasteiger partial charge on any atom is -0.489 e. The molecule has 0 fully saturated rings. The van der Waals surface area contributed by atoms with E-state index in [1.807, 2.05) is 32.9 Å². The van der Waals surface area contributed by atoms with Gasteiger partial charge in [0.1, 0.15) is 10.8 Å². The van der Waals surface area contributed by atoms with Crippen LogP contribution in [0.1, 0.15) is 50.5 Å². The highest BCUT2D eigenvalue weighted by atomic mass is 35.5. The Hall–Kier alpha value is -3.96. The van der Waals surface area contributed by atoms with Gasteiger partial charge in [0.15, 0.2) is 15.7 Å². The molecule has 0 spiro atoms. The van der Waals surface area contributed by atoms with Crippen LogP contribution in [0.2, 0.25) is 5.02 Å². The second kappa shape index (κ2) is 12.3. The second-order valence-corrected chi connectivity index (χ2v) is 12.9. The van der Waals surface area contributed by atoms with Crippen LogP contribution in [0.15, 0.2) is 58.6 Å². The maximum absolute atomic E-state index is 12.9. The lowest BCUT2D eigenvalue weighted by atomic mass is 9.97. The van der Waals surface area contributed by atoms with E-state index in [1.54, 1.807) is 45.2 Å². The number of aliphatic imine (C=N–C) groups is 1. The fraction of sp³-hybridized carbons (Fsp3) is 0.310. The summed E-state index contributed by atoms with van der Waals surface area (Å²) in [5.41, 5.74) is 3.74. The van der Waals surface area contributed by atoms with Crippen LogP contribution >= 0.6 is 11.6 Å². The van der Waals surface area contributed by atoms with E-state index in [1.165, 1.54) is 12.3 Å². The van der Waals surface area contributed by atoms with Gasteiger partial charge in [0.05, 0.1) is 40.4 Å². The Morgan fingerprint density at radius 3 is 2.44 bits per heavy atom. The number of carbonyl (C=O) groups excluding carboxylic acids is 1. The molecule has 0 atom stereocenters. The number of nitrogens with one attached hydrogen (secondary N) is 3. The van der Waals surface area contributed by atoms with Gasteiger partial charge in [-0.3, -0.25) is 9.79 Å². The number of hydrogen-bond donors (Lipinski definition) is 3. The number of rotatable bonds is 10. The molecule has 1 aliphatic rings. The molecule has 12 heteroatoms. The molecule has 2 aromatic carbocycles. The third-order valence-electron chi connectivity index (χ3n) is 6.24. The summed E-state index contributed by atoms with van der Waals surface area (Å²) < 4.78 is 32.0. The molecule has 0 unspecified atom stereocenters. The van der Waals surface area contributed by atoms with Crippen LogP contribution in [0.3, 0.4) is 0 Å². The molecule has 0 radical (unpaired) electrons. The van der Waals surface area contributed by atoms with Crippen LogP contribution in [-0.2, 0) is 9.84 Å². The Balaban J connectivity index is 1.75. The molecule has 2 heterocycles. The van der Waals surface area contributed by atoms with Crippen molar-refractivity contribution in [3.8, 4) is 5.75 Å². The predicted octanol–water partition coefficient (Wildman–Crippen LogP) is 5.80. The Kier molecular flexibility index (Phi) is 8.98. The molecular formula is C29H33ClN6O4S. The monoisotopic (exact) mass is 596 g/mol. The number of ether oxygens (including phenoxy) is 1. The number of halogens is 1. The van der Waals surface area contributed by atoms with Crippen LogP contribution in [0.25, 0.3) is 5.57 Å². The highest BCUT2D eigenvalue weighted by molar-refractivity contribution is 7.92. The van der Waals surface area contributed by atoms with E-state index in [9.17, 15) is 13.2 Å². The number of sulfone groups is 1. The zero-order valence-electron chi connectivity index (χ0n) is 23.7. The lowest BCUT2D eigenvalue weighted by molar-refractivity contribution is 0.0963. The smallest absolute Gasteiger partial charge is 0.251 e. The van der Waals surface area contributed by atoms with Crippen LogP contribution in [-0.4, -0.2) is 55.0 Å². The van der Waals surface area contributed by atoms with Gasteiger partial charge in [-0.05, 0) is 76.1 Å². The average Bonchev–Trinajstić information content (AvgIpc) is 3.36. The zero-order valence-corrected chi connectivity index (χ0v) is 25.3. The number of carbonyl (C=O) groups is 1. The summed E-state index contributed by atoms with van der Waals surface area (Å²) in [7, 11) is -2.01. The Labute approximate surface area is 245 Å². The van der Waals surface area contributed by atoms with Crippen molar-refractivity contribution in [1.29, 1.82) is 0 Å². The van der Waals surface area contributed by atoms with Crippen molar-refractivity contribution in [2.45, 2.75) is 50.9 Å². The van der Waals surface area contributed by atoms with E-state index < -0.39 is 15.1 Å². The first kappa shape index (κ1) is 30.0. The van der Waals surface area contributed by atoms with E-state index >= 15 is 0 Å². The third-order valence-corrected chi connectivity index (χ3v) is 8.73. The van der Waals surface area contributed by atoms with Crippen LogP contribution in [0, 0.1) is 0 Å². The number of nitrogens with zero attached hydrogens (tertiary/aromatic N) is 3. The van der Waals surface area contributed by atoms with Gasteiger partial charge >= 0.3 is 0 Å². The van der Waals surface area contributed by atoms with E-state index in [4.69, 9.17) is 16.3 Å². The minimum absolute atomic E-state index is 0.137. The molecule has 216 valence electrons. The summed E-state index contributed by atoms with van der Waals surface area (Å²) in [5, 5.41) is 8.47. The highest BCUT2D eigenvalue weighted by Crippen LogP contribution is 2.36.